The Balaban J connectivity index is 0.000000191. The molecule has 2 unspecified atom stereocenters. The number of H-pyrrole nitrogens is 2. The molecule has 4 rings (SSSR count). The third kappa shape index (κ3) is 5.45. The number of terminal acetylenes is 2. The van der Waals surface area contributed by atoms with Crippen LogP contribution in [-0.4, -0.2) is 44.2 Å². The number of aromatic amines is 2. The number of aromatic nitrogens is 2. The largest absolute Gasteiger partial charge is 0.480 e. The maximum Gasteiger partial charge on any atom is 0.320 e. The van der Waals surface area contributed by atoms with Gasteiger partial charge in [0.2, 0.25) is 0 Å². The zero-order valence-electron chi connectivity index (χ0n) is 18.2. The zero-order chi connectivity index (χ0) is 24.8. The van der Waals surface area contributed by atoms with Crippen LogP contribution in [0.1, 0.15) is 22.3 Å². The lowest BCUT2D eigenvalue weighted by molar-refractivity contribution is -0.139. The summed E-state index contributed by atoms with van der Waals surface area (Å²) in [6, 6.07) is 9.34. The van der Waals surface area contributed by atoms with E-state index in [1.807, 2.05) is 36.4 Å². The van der Waals surface area contributed by atoms with Gasteiger partial charge in [0.15, 0.2) is 0 Å². The monoisotopic (exact) mass is 456 g/mol. The highest BCUT2D eigenvalue weighted by Gasteiger charge is 2.15. The van der Waals surface area contributed by atoms with Crippen LogP contribution in [0.3, 0.4) is 0 Å². The van der Waals surface area contributed by atoms with E-state index in [4.69, 9.17) is 34.5 Å². The van der Waals surface area contributed by atoms with Crippen molar-refractivity contribution in [1.82, 2.24) is 9.97 Å². The Hall–Kier alpha value is -4.50. The van der Waals surface area contributed by atoms with Crippen LogP contribution in [0.2, 0.25) is 0 Å². The molecule has 34 heavy (non-hydrogen) atoms. The van der Waals surface area contributed by atoms with Gasteiger partial charge in [-0.1, -0.05) is 17.9 Å². The first-order valence-corrected chi connectivity index (χ1v) is 10.3. The molecule has 0 radical (unpaired) electrons. The number of carbonyl (C=O) groups is 2. The van der Waals surface area contributed by atoms with Gasteiger partial charge in [-0.15, -0.1) is 12.8 Å². The summed E-state index contributed by atoms with van der Waals surface area (Å²) in [5.41, 5.74) is 16.2. The van der Waals surface area contributed by atoms with E-state index in [1.165, 1.54) is 0 Å². The Morgan fingerprint density at radius 1 is 0.794 bits per heavy atom. The SMILES string of the molecule is C#Cc1ccc2[nH]cc(CC(N)C(=O)O)c2c1.C#Cc1ccc2c(CC(N)C(=O)O)c[nH]c2c1. The highest BCUT2D eigenvalue weighted by molar-refractivity contribution is 5.86. The second-order valence-electron chi connectivity index (χ2n) is 7.73. The van der Waals surface area contributed by atoms with Gasteiger partial charge in [0.25, 0.3) is 0 Å². The average Bonchev–Trinajstić information content (AvgIpc) is 3.42. The first kappa shape index (κ1) is 24.1. The Morgan fingerprint density at radius 3 is 1.85 bits per heavy atom. The molecule has 2 aromatic heterocycles. The molecule has 8 N–H and O–H groups in total. The van der Waals surface area contributed by atoms with E-state index >= 15 is 0 Å². The quantitative estimate of drug-likeness (QED) is 0.244. The van der Waals surface area contributed by atoms with Crippen LogP contribution in [0.15, 0.2) is 48.8 Å². The second kappa shape index (κ2) is 10.4. The highest BCUT2D eigenvalue weighted by atomic mass is 16.4. The van der Waals surface area contributed by atoms with Gasteiger partial charge < -0.3 is 31.6 Å². The third-order valence-electron chi connectivity index (χ3n) is 5.38. The van der Waals surface area contributed by atoms with Crippen LogP contribution in [0.5, 0.6) is 0 Å². The van der Waals surface area contributed by atoms with Gasteiger partial charge in [0, 0.05) is 58.2 Å². The number of rotatable bonds is 6. The van der Waals surface area contributed by atoms with Crippen molar-refractivity contribution in [2.24, 2.45) is 11.5 Å². The molecule has 0 aliphatic rings. The summed E-state index contributed by atoms with van der Waals surface area (Å²) in [6.07, 6.45) is 14.8. The number of nitrogens with two attached hydrogens (primary N) is 2. The third-order valence-corrected chi connectivity index (χ3v) is 5.38. The first-order valence-electron chi connectivity index (χ1n) is 10.3. The summed E-state index contributed by atoms with van der Waals surface area (Å²) in [7, 11) is 0. The van der Waals surface area contributed by atoms with Crippen molar-refractivity contribution in [3.8, 4) is 24.7 Å². The van der Waals surface area contributed by atoms with Crippen molar-refractivity contribution >= 4 is 33.7 Å². The summed E-state index contributed by atoms with van der Waals surface area (Å²) < 4.78 is 0. The van der Waals surface area contributed by atoms with E-state index < -0.39 is 24.0 Å². The Kier molecular flexibility index (Phi) is 7.39. The van der Waals surface area contributed by atoms with Crippen molar-refractivity contribution < 1.29 is 19.8 Å². The first-order chi connectivity index (χ1) is 16.2. The molecular formula is C26H24N4O4. The molecule has 2 aromatic carbocycles. The van der Waals surface area contributed by atoms with Crippen LogP contribution in [-0.2, 0) is 22.4 Å². The number of hydrogen-bond donors (Lipinski definition) is 6. The molecule has 8 nitrogen and oxygen atoms in total. The summed E-state index contributed by atoms with van der Waals surface area (Å²) in [5.74, 6) is 3.09. The van der Waals surface area contributed by atoms with Gasteiger partial charge in [0.1, 0.15) is 12.1 Å². The molecule has 0 aliphatic carbocycles. The van der Waals surface area contributed by atoms with E-state index in [0.717, 1.165) is 44.1 Å². The zero-order valence-corrected chi connectivity index (χ0v) is 18.2. The molecule has 2 atom stereocenters. The lowest BCUT2D eigenvalue weighted by Crippen LogP contribution is -2.32. The molecule has 0 aliphatic heterocycles. The van der Waals surface area contributed by atoms with Crippen molar-refractivity contribution in [2.45, 2.75) is 24.9 Å². The second-order valence-corrected chi connectivity index (χ2v) is 7.73. The number of carboxylic acids is 2. The molecule has 172 valence electrons. The number of aliphatic carboxylic acids is 2. The van der Waals surface area contributed by atoms with Crippen molar-refractivity contribution in [2.75, 3.05) is 0 Å². The number of carboxylic acid groups (broad SMARTS) is 2. The lowest BCUT2D eigenvalue weighted by atomic mass is 10.0. The van der Waals surface area contributed by atoms with Crippen molar-refractivity contribution in [1.29, 1.82) is 0 Å². The molecule has 0 saturated carbocycles. The average molecular weight is 457 g/mol. The fraction of sp³-hybridized carbons (Fsp3) is 0.154. The predicted molar refractivity (Wildman–Crippen MR) is 131 cm³/mol. The smallest absolute Gasteiger partial charge is 0.320 e. The number of hydrogen-bond acceptors (Lipinski definition) is 4. The minimum absolute atomic E-state index is 0.281. The predicted octanol–water partition coefficient (Wildman–Crippen LogP) is 2.21. The van der Waals surface area contributed by atoms with Crippen LogP contribution < -0.4 is 11.5 Å². The molecule has 0 spiro atoms. The highest BCUT2D eigenvalue weighted by Crippen LogP contribution is 2.21. The van der Waals surface area contributed by atoms with Gasteiger partial charge >= 0.3 is 11.9 Å². The Labute approximate surface area is 196 Å². The van der Waals surface area contributed by atoms with Crippen molar-refractivity contribution in [3.05, 3.63) is 71.0 Å². The van der Waals surface area contributed by atoms with E-state index in [1.54, 1.807) is 12.4 Å². The maximum atomic E-state index is 10.7. The normalized spacial score (nSPS) is 12.2. The molecular weight excluding hydrogens is 432 g/mol. The molecule has 2 heterocycles. The molecule has 0 fully saturated rings. The lowest BCUT2D eigenvalue weighted by Gasteiger charge is -2.04. The summed E-state index contributed by atoms with van der Waals surface area (Å²) in [6.45, 7) is 0. The molecule has 0 amide bonds. The standard InChI is InChI=1S/2C13H12N2O2/c1-2-8-3-4-12-10(5-8)9(7-15-12)6-11(14)13(16)17;1-2-8-3-4-10-9(6-11(14)13(16)17)7-15-12(10)5-8/h2*1,3-5,7,11,15H,6,14H2,(H,16,17). The fourth-order valence-electron chi connectivity index (χ4n) is 3.53. The van der Waals surface area contributed by atoms with Crippen LogP contribution >= 0.6 is 0 Å². The summed E-state index contributed by atoms with van der Waals surface area (Å²) >= 11 is 0. The summed E-state index contributed by atoms with van der Waals surface area (Å²) in [5, 5.41) is 19.4. The minimum Gasteiger partial charge on any atom is -0.480 e. The van der Waals surface area contributed by atoms with Gasteiger partial charge in [-0.3, -0.25) is 9.59 Å². The molecule has 0 saturated heterocycles. The molecule has 8 heteroatoms. The van der Waals surface area contributed by atoms with Gasteiger partial charge in [-0.05, 0) is 41.5 Å². The summed E-state index contributed by atoms with van der Waals surface area (Å²) in [4.78, 5) is 27.5. The van der Waals surface area contributed by atoms with E-state index in [9.17, 15) is 9.59 Å². The van der Waals surface area contributed by atoms with Crippen LogP contribution in [0.4, 0.5) is 0 Å². The van der Waals surface area contributed by atoms with Gasteiger partial charge in [-0.25, -0.2) is 0 Å². The maximum absolute atomic E-state index is 10.7. The van der Waals surface area contributed by atoms with E-state index in [2.05, 4.69) is 21.8 Å². The number of fused-ring (bicyclic) bond motifs is 2. The van der Waals surface area contributed by atoms with Gasteiger partial charge in [0.05, 0.1) is 0 Å². The number of benzene rings is 2. The Bertz CT molecular complexity index is 1430. The van der Waals surface area contributed by atoms with Gasteiger partial charge in [-0.2, -0.15) is 0 Å². The Morgan fingerprint density at radius 2 is 1.29 bits per heavy atom. The fourth-order valence-corrected chi connectivity index (χ4v) is 3.53. The topological polar surface area (TPSA) is 158 Å². The van der Waals surface area contributed by atoms with Crippen LogP contribution in [0, 0.1) is 24.7 Å². The van der Waals surface area contributed by atoms with E-state index in [0.29, 0.717) is 6.42 Å². The van der Waals surface area contributed by atoms with E-state index in [-0.39, 0.29) is 6.42 Å². The molecule has 4 aromatic rings. The van der Waals surface area contributed by atoms with Crippen molar-refractivity contribution in [3.63, 3.8) is 0 Å². The minimum atomic E-state index is -1.01. The van der Waals surface area contributed by atoms with Crippen LogP contribution in [0.25, 0.3) is 21.8 Å². The number of nitrogens with one attached hydrogen (secondary N) is 2. The molecule has 0 bridgehead atoms.